The van der Waals surface area contributed by atoms with Gasteiger partial charge in [-0.1, -0.05) is 0 Å². The van der Waals surface area contributed by atoms with Crippen LogP contribution in [0.15, 0.2) is 61.9 Å². The zero-order chi connectivity index (χ0) is 28.0. The minimum absolute atomic E-state index is 0.0191. The summed E-state index contributed by atoms with van der Waals surface area (Å²) in [6.45, 7) is 3.50. The van der Waals surface area contributed by atoms with Gasteiger partial charge in [-0.05, 0) is 61.6 Å². The molecule has 0 unspecified atom stereocenters. The number of hydrogen-bond acceptors (Lipinski definition) is 9. The van der Waals surface area contributed by atoms with Crippen molar-refractivity contribution < 1.29 is 22.4 Å². The molecular formula is C27H28N6O6S. The SMILES string of the molecule is COc1ccc2c(c1)CCN(C1CCN(c3cc(S(=O)(=O)c4cc(C)c5[nH]c(=O)oc5c4)ncn3)CC1)C(=O)N2. The third-order valence-electron chi connectivity index (χ3n) is 7.58. The van der Waals surface area contributed by atoms with Gasteiger partial charge in [0.2, 0.25) is 9.84 Å². The molecule has 208 valence electrons. The molecule has 6 rings (SSSR count). The first-order valence-electron chi connectivity index (χ1n) is 12.9. The van der Waals surface area contributed by atoms with Crippen molar-refractivity contribution >= 4 is 38.5 Å². The van der Waals surface area contributed by atoms with Crippen LogP contribution in [0.3, 0.4) is 0 Å². The minimum atomic E-state index is -4.00. The summed E-state index contributed by atoms with van der Waals surface area (Å²) >= 11 is 0. The highest BCUT2D eigenvalue weighted by atomic mass is 32.2. The van der Waals surface area contributed by atoms with Gasteiger partial charge in [-0.25, -0.2) is 28.0 Å². The Kier molecular flexibility index (Phi) is 6.45. The van der Waals surface area contributed by atoms with Gasteiger partial charge in [-0.3, -0.25) is 4.98 Å². The highest BCUT2D eigenvalue weighted by Crippen LogP contribution is 2.30. The number of benzene rings is 2. The van der Waals surface area contributed by atoms with Crippen LogP contribution >= 0.6 is 0 Å². The molecule has 4 heterocycles. The Balaban J connectivity index is 1.17. The number of piperidine rings is 1. The van der Waals surface area contributed by atoms with Crippen molar-refractivity contribution in [1.29, 1.82) is 0 Å². The number of H-pyrrole nitrogens is 1. The summed E-state index contributed by atoms with van der Waals surface area (Å²) in [6.07, 6.45) is 3.38. The highest BCUT2D eigenvalue weighted by molar-refractivity contribution is 7.91. The average Bonchev–Trinajstić information content (AvgIpc) is 3.26. The fraction of sp³-hybridized carbons (Fsp3) is 0.333. The maximum absolute atomic E-state index is 13.4. The van der Waals surface area contributed by atoms with Gasteiger partial charge in [-0.15, -0.1) is 0 Å². The Morgan fingerprint density at radius 1 is 1.05 bits per heavy atom. The fourth-order valence-corrected chi connectivity index (χ4v) is 6.71. The van der Waals surface area contributed by atoms with Crippen LogP contribution in [0.2, 0.25) is 0 Å². The smallest absolute Gasteiger partial charge is 0.417 e. The van der Waals surface area contributed by atoms with Gasteiger partial charge in [0.1, 0.15) is 17.9 Å². The van der Waals surface area contributed by atoms with Crippen molar-refractivity contribution in [2.45, 2.75) is 42.1 Å². The zero-order valence-corrected chi connectivity index (χ0v) is 22.8. The fourth-order valence-electron chi connectivity index (χ4n) is 5.43. The van der Waals surface area contributed by atoms with Crippen LogP contribution in [-0.4, -0.2) is 67.1 Å². The van der Waals surface area contributed by atoms with Crippen LogP contribution in [0.5, 0.6) is 5.75 Å². The molecule has 0 radical (unpaired) electrons. The molecule has 2 amide bonds. The lowest BCUT2D eigenvalue weighted by atomic mass is 10.0. The van der Waals surface area contributed by atoms with E-state index in [9.17, 15) is 18.0 Å². The number of nitrogens with one attached hydrogen (secondary N) is 2. The van der Waals surface area contributed by atoms with Crippen molar-refractivity contribution in [3.8, 4) is 5.75 Å². The van der Waals surface area contributed by atoms with E-state index in [1.165, 1.54) is 24.5 Å². The summed E-state index contributed by atoms with van der Waals surface area (Å²) in [7, 11) is -2.38. The topological polar surface area (TPSA) is 151 Å². The van der Waals surface area contributed by atoms with Crippen molar-refractivity contribution in [2.24, 2.45) is 0 Å². The van der Waals surface area contributed by atoms with Crippen molar-refractivity contribution in [3.05, 3.63) is 64.4 Å². The lowest BCUT2D eigenvalue weighted by Crippen LogP contribution is -2.49. The van der Waals surface area contributed by atoms with Gasteiger partial charge in [0.05, 0.1) is 17.5 Å². The Labute approximate surface area is 229 Å². The highest BCUT2D eigenvalue weighted by Gasteiger charge is 2.31. The van der Waals surface area contributed by atoms with E-state index in [4.69, 9.17) is 9.15 Å². The molecule has 0 saturated carbocycles. The number of aromatic nitrogens is 3. The first-order valence-corrected chi connectivity index (χ1v) is 14.4. The van der Waals surface area contributed by atoms with Gasteiger partial charge < -0.3 is 24.3 Å². The van der Waals surface area contributed by atoms with E-state index in [0.29, 0.717) is 49.4 Å². The van der Waals surface area contributed by atoms with E-state index in [2.05, 4.69) is 20.3 Å². The predicted molar refractivity (Wildman–Crippen MR) is 147 cm³/mol. The van der Waals surface area contributed by atoms with Gasteiger partial charge in [-0.2, -0.15) is 0 Å². The van der Waals surface area contributed by atoms with Crippen LogP contribution in [0, 0.1) is 6.92 Å². The number of amides is 2. The third-order valence-corrected chi connectivity index (χ3v) is 9.21. The van der Waals surface area contributed by atoms with E-state index in [1.54, 1.807) is 14.0 Å². The average molecular weight is 565 g/mol. The lowest BCUT2D eigenvalue weighted by Gasteiger charge is -2.38. The molecule has 40 heavy (non-hydrogen) atoms. The van der Waals surface area contributed by atoms with Gasteiger partial charge in [0.15, 0.2) is 10.6 Å². The number of anilines is 2. The van der Waals surface area contributed by atoms with Gasteiger partial charge >= 0.3 is 11.8 Å². The number of nitrogens with zero attached hydrogens (tertiary/aromatic N) is 4. The molecular weight excluding hydrogens is 536 g/mol. The monoisotopic (exact) mass is 564 g/mol. The number of aromatic amines is 1. The molecule has 1 fully saturated rings. The first kappa shape index (κ1) is 25.9. The van der Waals surface area contributed by atoms with Crippen LogP contribution in [0.25, 0.3) is 11.1 Å². The summed E-state index contributed by atoms with van der Waals surface area (Å²) in [5, 5.41) is 2.88. The Hall–Kier alpha value is -4.39. The summed E-state index contributed by atoms with van der Waals surface area (Å²) in [5.41, 5.74) is 3.03. The van der Waals surface area contributed by atoms with Crippen LogP contribution in [-0.2, 0) is 16.3 Å². The molecule has 0 aliphatic carbocycles. The summed E-state index contributed by atoms with van der Waals surface area (Å²) in [4.78, 5) is 39.4. The Morgan fingerprint density at radius 3 is 2.62 bits per heavy atom. The number of hydrogen-bond donors (Lipinski definition) is 2. The molecule has 2 aliphatic rings. The predicted octanol–water partition coefficient (Wildman–Crippen LogP) is 3.12. The molecule has 13 heteroatoms. The number of oxazole rings is 1. The number of fused-ring (bicyclic) bond motifs is 2. The Bertz CT molecular complexity index is 1770. The number of carbonyl (C=O) groups is 1. The van der Waals surface area contributed by atoms with Crippen LogP contribution < -0.4 is 20.7 Å². The summed E-state index contributed by atoms with van der Waals surface area (Å²) in [5.74, 6) is 0.605. The zero-order valence-electron chi connectivity index (χ0n) is 22.0. The van der Waals surface area contributed by atoms with Crippen molar-refractivity contribution in [3.63, 3.8) is 0 Å². The summed E-state index contributed by atoms with van der Waals surface area (Å²) < 4.78 is 37.3. The number of sulfone groups is 1. The van der Waals surface area contributed by atoms with Crippen molar-refractivity contribution in [2.75, 3.05) is 37.0 Å². The molecule has 0 spiro atoms. The number of rotatable bonds is 5. The minimum Gasteiger partial charge on any atom is -0.497 e. The van der Waals surface area contributed by atoms with E-state index in [0.717, 1.165) is 23.4 Å². The number of urea groups is 1. The Morgan fingerprint density at radius 2 is 1.85 bits per heavy atom. The molecule has 1 saturated heterocycles. The molecule has 12 nitrogen and oxygen atoms in total. The molecule has 0 bridgehead atoms. The maximum atomic E-state index is 13.4. The number of carbonyl (C=O) groups excluding carboxylic acids is 1. The van der Waals surface area contributed by atoms with E-state index >= 15 is 0 Å². The second-order valence-electron chi connectivity index (χ2n) is 9.96. The molecule has 2 aromatic heterocycles. The largest absolute Gasteiger partial charge is 0.497 e. The van der Waals surface area contributed by atoms with Crippen LogP contribution in [0.1, 0.15) is 24.0 Å². The molecule has 4 aromatic rings. The number of methoxy groups -OCH3 is 1. The van der Waals surface area contributed by atoms with E-state index in [1.807, 2.05) is 28.0 Å². The molecule has 2 aliphatic heterocycles. The van der Waals surface area contributed by atoms with Crippen molar-refractivity contribution in [1.82, 2.24) is 19.9 Å². The third kappa shape index (κ3) is 4.66. The first-order chi connectivity index (χ1) is 19.2. The van der Waals surface area contributed by atoms with E-state index in [-0.39, 0.29) is 27.6 Å². The summed E-state index contributed by atoms with van der Waals surface area (Å²) in [6, 6.07) is 9.85. The number of ether oxygens (including phenoxy) is 1. The quantitative estimate of drug-likeness (QED) is 0.349. The number of aryl methyl sites for hydroxylation is 1. The normalized spacial score (nSPS) is 16.5. The van der Waals surface area contributed by atoms with E-state index < -0.39 is 15.6 Å². The molecule has 2 aromatic carbocycles. The lowest BCUT2D eigenvalue weighted by molar-refractivity contribution is 0.177. The second-order valence-corrected chi connectivity index (χ2v) is 11.9. The standard InChI is InChI=1S/C27H28N6O6S/c1-16-11-20(13-22-25(16)31-27(35)39-22)40(36,37)24-14-23(28-15-29-24)32-8-6-18(7-9-32)33-10-5-17-12-19(38-2)3-4-21(17)30-26(33)34/h3-4,11-15,18H,5-10H2,1-2H3,(H,30,34)(H,31,35). The van der Waals surface area contributed by atoms with Gasteiger partial charge in [0, 0.05) is 43.5 Å². The molecule has 2 N–H and O–H groups in total. The maximum Gasteiger partial charge on any atom is 0.417 e. The van der Waals surface area contributed by atoms with Gasteiger partial charge in [0.25, 0.3) is 0 Å². The second kappa shape index (κ2) is 9.97. The van der Waals surface area contributed by atoms with Crippen LogP contribution in [0.4, 0.5) is 16.3 Å². The molecule has 0 atom stereocenters.